The van der Waals surface area contributed by atoms with Crippen LogP contribution in [-0.2, 0) is 4.74 Å². The summed E-state index contributed by atoms with van der Waals surface area (Å²) in [4.78, 5) is 0. The first-order valence-corrected chi connectivity index (χ1v) is 8.75. The molecule has 2 N–H and O–H groups in total. The van der Waals surface area contributed by atoms with Crippen molar-refractivity contribution in [1.82, 2.24) is 5.32 Å². The van der Waals surface area contributed by atoms with E-state index in [-0.39, 0.29) is 12.5 Å². The summed E-state index contributed by atoms with van der Waals surface area (Å²) >= 11 is 5.17. The molecule has 0 aliphatic carbocycles. The zero-order valence-corrected chi connectivity index (χ0v) is 14.4. The van der Waals surface area contributed by atoms with E-state index in [0.29, 0.717) is 11.8 Å². The maximum atomic E-state index is 9.47. The van der Waals surface area contributed by atoms with E-state index in [4.69, 9.17) is 17.0 Å². The van der Waals surface area contributed by atoms with E-state index < -0.39 is 0 Å². The summed E-state index contributed by atoms with van der Waals surface area (Å²) in [6, 6.07) is 9.89. The summed E-state index contributed by atoms with van der Waals surface area (Å²) in [6.45, 7) is 3.55. The van der Waals surface area contributed by atoms with Crippen LogP contribution in [0.15, 0.2) is 30.3 Å². The number of hydrogen-bond donors (Lipinski definition) is 2. The minimum absolute atomic E-state index is 0.0324. The molecule has 0 heterocycles. The fourth-order valence-corrected chi connectivity index (χ4v) is 2.47. The first-order chi connectivity index (χ1) is 10.8. The number of benzene rings is 1. The number of hydrogen-bond acceptors (Lipinski definition) is 3. The van der Waals surface area contributed by atoms with Gasteiger partial charge in [0.25, 0.3) is 5.17 Å². The fraction of sp³-hybridized carbons (Fsp3) is 0.611. The van der Waals surface area contributed by atoms with Crippen LogP contribution in [0.25, 0.3) is 0 Å². The van der Waals surface area contributed by atoms with Gasteiger partial charge in [-0.2, -0.15) is 0 Å². The number of rotatable bonds is 11. The third kappa shape index (κ3) is 8.35. The average molecular weight is 324 g/mol. The predicted molar refractivity (Wildman–Crippen MR) is 96.2 cm³/mol. The van der Waals surface area contributed by atoms with Gasteiger partial charge in [0.1, 0.15) is 0 Å². The van der Waals surface area contributed by atoms with Crippen molar-refractivity contribution in [2.24, 2.45) is 0 Å². The largest absolute Gasteiger partial charge is 0.470 e. The van der Waals surface area contributed by atoms with Crippen molar-refractivity contribution >= 4 is 17.4 Å². The van der Waals surface area contributed by atoms with E-state index in [1.165, 1.54) is 32.1 Å². The second-order valence-electron chi connectivity index (χ2n) is 5.58. The van der Waals surface area contributed by atoms with E-state index in [2.05, 4.69) is 12.2 Å². The van der Waals surface area contributed by atoms with Gasteiger partial charge in [-0.3, -0.25) is 0 Å². The normalized spacial score (nSPS) is 11.9. The molecular weight excluding hydrogens is 294 g/mol. The van der Waals surface area contributed by atoms with Crippen LogP contribution in [0.4, 0.5) is 0 Å². The number of unbranched alkanes of at least 4 members (excludes halogenated alkanes) is 5. The van der Waals surface area contributed by atoms with Crippen molar-refractivity contribution in [3.05, 3.63) is 35.9 Å². The van der Waals surface area contributed by atoms with Crippen molar-refractivity contribution in [1.29, 1.82) is 0 Å². The van der Waals surface area contributed by atoms with Crippen LogP contribution >= 0.6 is 12.2 Å². The van der Waals surface area contributed by atoms with Crippen LogP contribution in [0.2, 0.25) is 0 Å². The molecule has 0 bridgehead atoms. The maximum absolute atomic E-state index is 9.47. The Labute approximate surface area is 140 Å². The minimum atomic E-state index is -0.0324. The lowest BCUT2D eigenvalue weighted by molar-refractivity contribution is 0.197. The summed E-state index contributed by atoms with van der Waals surface area (Å²) in [5, 5.41) is 13.0. The molecule has 124 valence electrons. The third-order valence-corrected chi connectivity index (χ3v) is 3.97. The molecule has 1 aromatic carbocycles. The average Bonchev–Trinajstić information content (AvgIpc) is 2.55. The SMILES string of the molecule is CCCCCCCCNC(=S)OCC(CO)c1ccccc1. The topological polar surface area (TPSA) is 41.5 Å². The number of aliphatic hydroxyl groups excluding tert-OH is 1. The molecule has 0 spiro atoms. The highest BCUT2D eigenvalue weighted by molar-refractivity contribution is 7.80. The second-order valence-corrected chi connectivity index (χ2v) is 5.95. The monoisotopic (exact) mass is 323 g/mol. The molecule has 1 atom stereocenters. The first kappa shape index (κ1) is 18.9. The Morgan fingerprint density at radius 3 is 2.50 bits per heavy atom. The highest BCUT2D eigenvalue weighted by Crippen LogP contribution is 2.15. The molecule has 1 unspecified atom stereocenters. The van der Waals surface area contributed by atoms with Crippen molar-refractivity contribution < 1.29 is 9.84 Å². The molecule has 0 saturated heterocycles. The quantitative estimate of drug-likeness (QED) is 0.477. The molecule has 4 heteroatoms. The van der Waals surface area contributed by atoms with Crippen molar-refractivity contribution in [3.63, 3.8) is 0 Å². The zero-order valence-electron chi connectivity index (χ0n) is 13.6. The van der Waals surface area contributed by atoms with Crippen LogP contribution < -0.4 is 5.32 Å². The molecule has 0 amide bonds. The standard InChI is InChI=1S/C18H29NO2S/c1-2-3-4-5-6-10-13-19-18(22)21-15-17(14-20)16-11-8-7-9-12-16/h7-9,11-12,17,20H,2-6,10,13-15H2,1H3,(H,19,22). The van der Waals surface area contributed by atoms with Crippen molar-refractivity contribution in [3.8, 4) is 0 Å². The van der Waals surface area contributed by atoms with E-state index in [1.54, 1.807) is 0 Å². The Bertz CT molecular complexity index is 397. The van der Waals surface area contributed by atoms with Gasteiger partial charge < -0.3 is 15.2 Å². The number of aliphatic hydroxyl groups is 1. The van der Waals surface area contributed by atoms with Crippen LogP contribution in [0.1, 0.15) is 56.9 Å². The van der Waals surface area contributed by atoms with Gasteiger partial charge in [-0.05, 0) is 24.2 Å². The maximum Gasteiger partial charge on any atom is 0.256 e. The molecule has 0 aromatic heterocycles. The summed E-state index contributed by atoms with van der Waals surface area (Å²) in [7, 11) is 0. The highest BCUT2D eigenvalue weighted by atomic mass is 32.1. The Balaban J connectivity index is 2.12. The molecular formula is C18H29NO2S. The summed E-state index contributed by atoms with van der Waals surface area (Å²) in [5.74, 6) is -0.0324. The molecule has 0 aliphatic rings. The molecule has 0 aliphatic heterocycles. The summed E-state index contributed by atoms with van der Waals surface area (Å²) in [5.41, 5.74) is 1.07. The Hall–Kier alpha value is -1.13. The van der Waals surface area contributed by atoms with Crippen molar-refractivity contribution in [2.45, 2.75) is 51.4 Å². The fourth-order valence-electron chi connectivity index (χ4n) is 2.30. The third-order valence-electron chi connectivity index (χ3n) is 3.71. The summed E-state index contributed by atoms with van der Waals surface area (Å²) in [6.07, 6.45) is 7.59. The van der Waals surface area contributed by atoms with E-state index in [9.17, 15) is 5.11 Å². The number of ether oxygens (including phenoxy) is 1. The predicted octanol–water partition coefficient (Wildman–Crippen LogP) is 4.01. The molecule has 22 heavy (non-hydrogen) atoms. The lowest BCUT2D eigenvalue weighted by Crippen LogP contribution is -2.27. The Morgan fingerprint density at radius 1 is 1.14 bits per heavy atom. The van der Waals surface area contributed by atoms with Crippen LogP contribution in [-0.4, -0.2) is 30.0 Å². The van der Waals surface area contributed by atoms with Gasteiger partial charge in [-0.15, -0.1) is 0 Å². The lowest BCUT2D eigenvalue weighted by atomic mass is 10.0. The van der Waals surface area contributed by atoms with Crippen molar-refractivity contribution in [2.75, 3.05) is 19.8 Å². The number of thiocarbonyl (C=S) groups is 1. The van der Waals surface area contributed by atoms with Gasteiger partial charge in [0.05, 0.1) is 13.2 Å². The molecule has 0 radical (unpaired) electrons. The molecule has 0 fully saturated rings. The highest BCUT2D eigenvalue weighted by Gasteiger charge is 2.11. The van der Waals surface area contributed by atoms with E-state index >= 15 is 0 Å². The number of nitrogens with one attached hydrogen (secondary N) is 1. The first-order valence-electron chi connectivity index (χ1n) is 8.34. The van der Waals surface area contributed by atoms with Crippen LogP contribution in [0, 0.1) is 0 Å². The van der Waals surface area contributed by atoms with Gasteiger partial charge in [0.15, 0.2) is 0 Å². The van der Waals surface area contributed by atoms with Gasteiger partial charge in [-0.1, -0.05) is 69.4 Å². The Morgan fingerprint density at radius 2 is 1.82 bits per heavy atom. The molecule has 1 rings (SSSR count). The van der Waals surface area contributed by atoms with Gasteiger partial charge in [-0.25, -0.2) is 0 Å². The molecule has 1 aromatic rings. The summed E-state index contributed by atoms with van der Waals surface area (Å²) < 4.78 is 5.55. The smallest absolute Gasteiger partial charge is 0.256 e. The van der Waals surface area contributed by atoms with E-state index in [1.807, 2.05) is 30.3 Å². The minimum Gasteiger partial charge on any atom is -0.470 e. The van der Waals surface area contributed by atoms with Gasteiger partial charge >= 0.3 is 0 Å². The van der Waals surface area contributed by atoms with Gasteiger partial charge in [0, 0.05) is 12.5 Å². The zero-order chi connectivity index (χ0) is 16.0. The molecule has 0 saturated carbocycles. The molecule has 3 nitrogen and oxygen atoms in total. The Kier molecular flexibility index (Phi) is 10.7. The van der Waals surface area contributed by atoms with Crippen LogP contribution in [0.5, 0.6) is 0 Å². The van der Waals surface area contributed by atoms with Gasteiger partial charge in [0.2, 0.25) is 0 Å². The van der Waals surface area contributed by atoms with E-state index in [0.717, 1.165) is 18.5 Å². The lowest BCUT2D eigenvalue weighted by Gasteiger charge is -2.16. The van der Waals surface area contributed by atoms with Crippen LogP contribution in [0.3, 0.4) is 0 Å². The second kappa shape index (κ2) is 12.4.